The third-order valence-corrected chi connectivity index (χ3v) is 4.07. The van der Waals surface area contributed by atoms with E-state index in [4.69, 9.17) is 11.6 Å². The van der Waals surface area contributed by atoms with Crippen LogP contribution in [0.25, 0.3) is 11.0 Å². The number of carbonyl (C=O) groups is 1. The predicted molar refractivity (Wildman–Crippen MR) is 75.2 cm³/mol. The van der Waals surface area contributed by atoms with Gasteiger partial charge in [-0.1, -0.05) is 6.07 Å². The van der Waals surface area contributed by atoms with Crippen LogP contribution in [0.15, 0.2) is 18.2 Å². The molecule has 1 aromatic heterocycles. The van der Waals surface area contributed by atoms with Crippen molar-refractivity contribution in [3.63, 3.8) is 0 Å². The van der Waals surface area contributed by atoms with Gasteiger partial charge in [-0.25, -0.2) is 9.37 Å². The summed E-state index contributed by atoms with van der Waals surface area (Å²) in [4.78, 5) is 17.6. The highest BCUT2D eigenvalue weighted by Crippen LogP contribution is 2.29. The molecule has 1 aliphatic heterocycles. The molecule has 2 aromatic rings. The number of benzene rings is 1. The lowest BCUT2D eigenvalue weighted by Crippen LogP contribution is -2.38. The second-order valence-corrected chi connectivity index (χ2v) is 5.37. The van der Waals surface area contributed by atoms with Gasteiger partial charge >= 0.3 is 0 Å². The number of para-hydroxylation sites is 1. The number of piperidine rings is 1. The number of carbonyl (C=O) groups excluding carboxylic acids is 1. The molecule has 0 aliphatic carbocycles. The van der Waals surface area contributed by atoms with Gasteiger partial charge in [0.2, 0.25) is 5.91 Å². The van der Waals surface area contributed by atoms with E-state index in [0.29, 0.717) is 24.3 Å². The highest BCUT2D eigenvalue weighted by molar-refractivity contribution is 6.16. The maximum atomic E-state index is 13.8. The first kappa shape index (κ1) is 13.4. The molecule has 3 rings (SSSR count). The molecule has 1 saturated heterocycles. The van der Waals surface area contributed by atoms with Gasteiger partial charge in [0.25, 0.3) is 0 Å². The molecule has 2 heterocycles. The number of imidazole rings is 1. The minimum atomic E-state index is -0.340. The molecule has 1 atom stereocenters. The first-order chi connectivity index (χ1) is 9.61. The number of likely N-dealkylation sites (tertiary alicyclic amines) is 1. The Kier molecular flexibility index (Phi) is 3.38. The van der Waals surface area contributed by atoms with E-state index < -0.39 is 0 Å². The molecule has 1 aromatic carbocycles. The van der Waals surface area contributed by atoms with Crippen molar-refractivity contribution in [1.29, 1.82) is 0 Å². The second-order valence-electron chi connectivity index (χ2n) is 5.11. The van der Waals surface area contributed by atoms with Gasteiger partial charge in [0.15, 0.2) is 5.82 Å². The molecule has 0 saturated carbocycles. The highest BCUT2D eigenvalue weighted by atomic mass is 35.5. The van der Waals surface area contributed by atoms with Crippen LogP contribution in [0.3, 0.4) is 0 Å². The third-order valence-electron chi connectivity index (χ3n) is 3.83. The summed E-state index contributed by atoms with van der Waals surface area (Å²) in [5.41, 5.74) is 1.09. The van der Waals surface area contributed by atoms with Crippen LogP contribution in [0.5, 0.6) is 0 Å². The number of amides is 1. The Hall–Kier alpha value is -1.62. The maximum absolute atomic E-state index is 13.8. The van der Waals surface area contributed by atoms with Crippen molar-refractivity contribution in [2.45, 2.75) is 24.8 Å². The Morgan fingerprint density at radius 3 is 3.00 bits per heavy atom. The van der Waals surface area contributed by atoms with Gasteiger partial charge in [0.05, 0.1) is 17.4 Å². The molecule has 6 heteroatoms. The molecule has 1 aliphatic rings. The number of alkyl halides is 1. The number of hydrogen-bond acceptors (Lipinski definition) is 2. The van der Waals surface area contributed by atoms with E-state index in [2.05, 4.69) is 4.98 Å². The molecular formula is C14H15ClFN3O. The zero-order valence-corrected chi connectivity index (χ0v) is 11.9. The standard InChI is InChI=1S/C14H15ClFN3O/c1-18-8-9(5-6-13(18)20)19-11-4-2-3-10(16)14(11)17-12(19)7-15/h2-4,9H,5-8H2,1H3. The molecule has 0 spiro atoms. The lowest BCUT2D eigenvalue weighted by molar-refractivity contribution is -0.132. The van der Waals surface area contributed by atoms with Crippen LogP contribution in [-0.4, -0.2) is 34.0 Å². The van der Waals surface area contributed by atoms with E-state index in [-0.39, 0.29) is 23.6 Å². The minimum Gasteiger partial charge on any atom is -0.344 e. The average Bonchev–Trinajstić information content (AvgIpc) is 2.82. The molecular weight excluding hydrogens is 281 g/mol. The topological polar surface area (TPSA) is 38.1 Å². The summed E-state index contributed by atoms with van der Waals surface area (Å²) in [5, 5.41) is 0. The SMILES string of the molecule is CN1CC(n2c(CCl)nc3c(F)cccc32)CCC1=O. The number of likely N-dealkylation sites (N-methyl/N-ethyl adjacent to an activating group) is 1. The Morgan fingerprint density at radius 2 is 2.30 bits per heavy atom. The summed E-state index contributed by atoms with van der Waals surface area (Å²) in [7, 11) is 1.79. The quantitative estimate of drug-likeness (QED) is 0.799. The number of aromatic nitrogens is 2. The van der Waals surface area contributed by atoms with Crippen LogP contribution in [-0.2, 0) is 10.7 Å². The predicted octanol–water partition coefficient (Wildman–Crippen LogP) is 2.71. The van der Waals surface area contributed by atoms with E-state index in [1.807, 2.05) is 10.6 Å². The summed E-state index contributed by atoms with van der Waals surface area (Å²) in [5.74, 6) is 0.680. The Bertz CT molecular complexity index is 670. The first-order valence-corrected chi connectivity index (χ1v) is 7.10. The smallest absolute Gasteiger partial charge is 0.222 e. The van der Waals surface area contributed by atoms with Crippen LogP contribution in [0.1, 0.15) is 24.7 Å². The number of rotatable bonds is 2. The third kappa shape index (κ3) is 2.06. The van der Waals surface area contributed by atoms with E-state index in [9.17, 15) is 9.18 Å². The van der Waals surface area contributed by atoms with Crippen LogP contribution >= 0.6 is 11.6 Å². The van der Waals surface area contributed by atoms with Crippen LogP contribution in [0.4, 0.5) is 4.39 Å². The second kappa shape index (κ2) is 5.05. The zero-order chi connectivity index (χ0) is 14.3. The van der Waals surface area contributed by atoms with Gasteiger partial charge in [-0.15, -0.1) is 11.6 Å². The van der Waals surface area contributed by atoms with Crippen molar-refractivity contribution in [2.75, 3.05) is 13.6 Å². The van der Waals surface area contributed by atoms with Crippen LogP contribution < -0.4 is 0 Å². The normalized spacial score (nSPS) is 19.9. The fourth-order valence-corrected chi connectivity index (χ4v) is 3.02. The Morgan fingerprint density at radius 1 is 1.50 bits per heavy atom. The first-order valence-electron chi connectivity index (χ1n) is 6.57. The fraction of sp³-hybridized carbons (Fsp3) is 0.429. The molecule has 106 valence electrons. The molecule has 0 radical (unpaired) electrons. The molecule has 1 fully saturated rings. The van der Waals surface area contributed by atoms with Crippen molar-refractivity contribution < 1.29 is 9.18 Å². The molecule has 20 heavy (non-hydrogen) atoms. The van der Waals surface area contributed by atoms with Gasteiger partial charge in [0.1, 0.15) is 11.3 Å². The molecule has 4 nitrogen and oxygen atoms in total. The van der Waals surface area contributed by atoms with Crippen molar-refractivity contribution in [3.05, 3.63) is 29.8 Å². The van der Waals surface area contributed by atoms with Gasteiger partial charge in [-0.2, -0.15) is 0 Å². The Balaban J connectivity index is 2.10. The summed E-state index contributed by atoms with van der Waals surface area (Å²) in [6.45, 7) is 0.602. The van der Waals surface area contributed by atoms with E-state index in [0.717, 1.165) is 11.9 Å². The number of halogens is 2. The van der Waals surface area contributed by atoms with Gasteiger partial charge in [-0.3, -0.25) is 4.79 Å². The summed E-state index contributed by atoms with van der Waals surface area (Å²) in [6.07, 6.45) is 1.23. The van der Waals surface area contributed by atoms with E-state index in [1.165, 1.54) is 6.07 Å². The van der Waals surface area contributed by atoms with E-state index >= 15 is 0 Å². The number of fused-ring (bicyclic) bond motifs is 1. The van der Waals surface area contributed by atoms with Crippen molar-refractivity contribution in [3.8, 4) is 0 Å². The largest absolute Gasteiger partial charge is 0.344 e. The Labute approximate surface area is 121 Å². The summed E-state index contributed by atoms with van der Waals surface area (Å²) in [6, 6.07) is 5.01. The van der Waals surface area contributed by atoms with Crippen molar-refractivity contribution in [2.24, 2.45) is 0 Å². The number of nitrogens with zero attached hydrogens (tertiary/aromatic N) is 3. The number of hydrogen-bond donors (Lipinski definition) is 0. The van der Waals surface area contributed by atoms with Crippen LogP contribution in [0.2, 0.25) is 0 Å². The fourth-order valence-electron chi connectivity index (χ4n) is 2.83. The van der Waals surface area contributed by atoms with Gasteiger partial charge in [-0.05, 0) is 18.6 Å². The minimum absolute atomic E-state index is 0.0956. The average molecular weight is 296 g/mol. The molecule has 0 bridgehead atoms. The van der Waals surface area contributed by atoms with Gasteiger partial charge in [0, 0.05) is 20.0 Å². The van der Waals surface area contributed by atoms with Crippen LogP contribution in [0, 0.1) is 5.82 Å². The monoisotopic (exact) mass is 295 g/mol. The highest BCUT2D eigenvalue weighted by Gasteiger charge is 2.27. The molecule has 1 unspecified atom stereocenters. The summed E-state index contributed by atoms with van der Waals surface area (Å²) < 4.78 is 15.8. The zero-order valence-electron chi connectivity index (χ0n) is 11.1. The summed E-state index contributed by atoms with van der Waals surface area (Å²) >= 11 is 5.95. The van der Waals surface area contributed by atoms with E-state index in [1.54, 1.807) is 18.0 Å². The van der Waals surface area contributed by atoms with Gasteiger partial charge < -0.3 is 9.47 Å². The maximum Gasteiger partial charge on any atom is 0.222 e. The van der Waals surface area contributed by atoms with Crippen molar-refractivity contribution >= 4 is 28.5 Å². The lowest BCUT2D eigenvalue weighted by atomic mass is 10.1. The van der Waals surface area contributed by atoms with Crippen molar-refractivity contribution in [1.82, 2.24) is 14.5 Å². The molecule has 0 N–H and O–H groups in total. The lowest BCUT2D eigenvalue weighted by Gasteiger charge is -2.31. The molecule has 1 amide bonds.